The second-order valence-corrected chi connectivity index (χ2v) is 4.88. The van der Waals surface area contributed by atoms with Gasteiger partial charge >= 0.3 is 6.18 Å². The molecule has 0 saturated heterocycles. The summed E-state index contributed by atoms with van der Waals surface area (Å²) in [6.07, 6.45) is -4.74. The molecule has 2 rings (SSSR count). The van der Waals surface area contributed by atoms with E-state index in [-0.39, 0.29) is 5.02 Å². The third-order valence-corrected chi connectivity index (χ3v) is 3.40. The number of pyridine rings is 1. The number of aromatic nitrogens is 1. The monoisotopic (exact) mass is 336 g/mol. The van der Waals surface area contributed by atoms with Gasteiger partial charge in [0.15, 0.2) is 5.75 Å². The number of benzene rings is 1. The number of halogens is 5. The lowest BCUT2D eigenvalue weighted by atomic mass is 10.0. The topological polar surface area (TPSA) is 68.2 Å². The van der Waals surface area contributed by atoms with Gasteiger partial charge in [0.1, 0.15) is 11.5 Å². The van der Waals surface area contributed by atoms with Gasteiger partial charge in [0.25, 0.3) is 5.56 Å². The predicted molar refractivity (Wildman–Crippen MR) is 73.2 cm³/mol. The van der Waals surface area contributed by atoms with E-state index in [0.29, 0.717) is 10.6 Å². The zero-order valence-corrected chi connectivity index (χ0v) is 11.8. The van der Waals surface area contributed by atoms with Gasteiger partial charge < -0.3 is 15.4 Å². The molecule has 1 aromatic carbocycles. The van der Waals surface area contributed by atoms with Crippen LogP contribution in [-0.2, 0) is 13.2 Å². The van der Waals surface area contributed by atoms with E-state index in [1.165, 1.54) is 0 Å². The number of anilines is 1. The van der Waals surface area contributed by atoms with E-state index in [9.17, 15) is 27.5 Å². The Morgan fingerprint density at radius 2 is 1.91 bits per heavy atom. The number of hydrogen-bond acceptors (Lipinski definition) is 3. The third kappa shape index (κ3) is 2.50. The highest BCUT2D eigenvalue weighted by molar-refractivity contribution is 6.32. The summed E-state index contributed by atoms with van der Waals surface area (Å²) in [6, 6.07) is 2.15. The molecule has 0 aliphatic rings. The van der Waals surface area contributed by atoms with Crippen molar-refractivity contribution in [3.63, 3.8) is 0 Å². The molecule has 0 bridgehead atoms. The molecule has 0 spiro atoms. The van der Waals surface area contributed by atoms with Crippen LogP contribution >= 0.6 is 11.6 Å². The van der Waals surface area contributed by atoms with Crippen molar-refractivity contribution < 1.29 is 22.7 Å². The Labute approximate surface area is 126 Å². The summed E-state index contributed by atoms with van der Waals surface area (Å²) < 4.78 is 52.5. The highest BCUT2D eigenvalue weighted by atomic mass is 35.5. The second-order valence-electron chi connectivity index (χ2n) is 4.47. The molecule has 3 N–H and O–H groups in total. The highest BCUT2D eigenvalue weighted by Crippen LogP contribution is 2.39. The number of nitrogens with two attached hydrogens (primary N) is 1. The van der Waals surface area contributed by atoms with Gasteiger partial charge in [-0.15, -0.1) is 0 Å². The van der Waals surface area contributed by atoms with Crippen molar-refractivity contribution in [3.05, 3.63) is 45.1 Å². The van der Waals surface area contributed by atoms with Crippen LogP contribution in [0.25, 0.3) is 11.1 Å². The van der Waals surface area contributed by atoms with Gasteiger partial charge in [-0.1, -0.05) is 11.6 Å². The van der Waals surface area contributed by atoms with E-state index < -0.39 is 45.8 Å². The molecule has 0 atom stereocenters. The Morgan fingerprint density at radius 3 is 2.45 bits per heavy atom. The lowest BCUT2D eigenvalue weighted by Crippen LogP contribution is -2.26. The molecule has 0 saturated carbocycles. The maximum Gasteiger partial charge on any atom is 0.431 e. The molecule has 0 aliphatic carbocycles. The Bertz CT molecular complexity index is 815. The van der Waals surface area contributed by atoms with E-state index in [1.54, 1.807) is 0 Å². The Balaban J connectivity index is 2.79. The summed E-state index contributed by atoms with van der Waals surface area (Å²) in [6.45, 7) is 0. The maximum atomic E-state index is 14.0. The number of nitrogen functional groups attached to an aromatic ring is 1. The first kappa shape index (κ1) is 16.2. The molecule has 1 heterocycles. The zero-order valence-electron chi connectivity index (χ0n) is 11.0. The Kier molecular flexibility index (Phi) is 3.82. The standard InChI is InChI=1S/C13H9ClF4N2O2/c1-20-8(13(16,17)18)3-2-5(12(20)22)9-7(15)4-6(14)11(21)10(9)19/h2-4,21H,19H2,1H3. The molecule has 9 heteroatoms. The highest BCUT2D eigenvalue weighted by Gasteiger charge is 2.34. The van der Waals surface area contributed by atoms with E-state index in [1.807, 2.05) is 0 Å². The molecule has 22 heavy (non-hydrogen) atoms. The quantitative estimate of drug-likeness (QED) is 0.477. The molecule has 1 aromatic heterocycles. The minimum Gasteiger partial charge on any atom is -0.504 e. The summed E-state index contributed by atoms with van der Waals surface area (Å²) in [5.74, 6) is -1.68. The molecule has 0 radical (unpaired) electrons. The number of alkyl halides is 3. The normalized spacial score (nSPS) is 11.7. The molecular weight excluding hydrogens is 328 g/mol. The first-order valence-electron chi connectivity index (χ1n) is 5.79. The van der Waals surface area contributed by atoms with Crippen LogP contribution < -0.4 is 11.3 Å². The lowest BCUT2D eigenvalue weighted by molar-refractivity contribution is -0.143. The number of aromatic hydroxyl groups is 1. The second kappa shape index (κ2) is 5.20. The largest absolute Gasteiger partial charge is 0.504 e. The number of hydrogen-bond donors (Lipinski definition) is 2. The van der Waals surface area contributed by atoms with Gasteiger partial charge in [0.2, 0.25) is 0 Å². The molecule has 0 amide bonds. The van der Waals surface area contributed by atoms with Crippen LogP contribution in [0.2, 0.25) is 5.02 Å². The van der Waals surface area contributed by atoms with Gasteiger partial charge in [-0.25, -0.2) is 4.39 Å². The van der Waals surface area contributed by atoms with Crippen LogP contribution in [0.15, 0.2) is 23.0 Å². The summed E-state index contributed by atoms with van der Waals surface area (Å²) in [5.41, 5.74) is 1.76. The van der Waals surface area contributed by atoms with Crippen molar-refractivity contribution >= 4 is 17.3 Å². The summed E-state index contributed by atoms with van der Waals surface area (Å²) in [5, 5.41) is 9.23. The third-order valence-electron chi connectivity index (χ3n) is 3.11. The Hall–Kier alpha value is -2.22. The summed E-state index contributed by atoms with van der Waals surface area (Å²) >= 11 is 5.53. The van der Waals surface area contributed by atoms with Crippen molar-refractivity contribution in [1.82, 2.24) is 4.57 Å². The fourth-order valence-electron chi connectivity index (χ4n) is 2.01. The summed E-state index contributed by atoms with van der Waals surface area (Å²) in [4.78, 5) is 12.1. The predicted octanol–water partition coefficient (Wildman–Crippen LogP) is 3.15. The molecule has 0 aliphatic heterocycles. The maximum absolute atomic E-state index is 14.0. The van der Waals surface area contributed by atoms with Crippen LogP contribution in [0.4, 0.5) is 23.2 Å². The fraction of sp³-hybridized carbons (Fsp3) is 0.154. The lowest BCUT2D eigenvalue weighted by Gasteiger charge is -2.15. The molecule has 4 nitrogen and oxygen atoms in total. The van der Waals surface area contributed by atoms with Gasteiger partial charge in [-0.2, -0.15) is 13.2 Å². The van der Waals surface area contributed by atoms with E-state index in [4.69, 9.17) is 17.3 Å². The zero-order chi connectivity index (χ0) is 16.8. The van der Waals surface area contributed by atoms with Crippen molar-refractivity contribution in [1.29, 1.82) is 0 Å². The minimum atomic E-state index is -4.74. The van der Waals surface area contributed by atoms with Crippen LogP contribution in [-0.4, -0.2) is 9.67 Å². The number of phenols is 1. The first-order valence-corrected chi connectivity index (χ1v) is 6.17. The molecule has 2 aromatic rings. The van der Waals surface area contributed by atoms with Crippen LogP contribution in [0.3, 0.4) is 0 Å². The van der Waals surface area contributed by atoms with Crippen molar-refractivity contribution in [2.24, 2.45) is 7.05 Å². The van der Waals surface area contributed by atoms with Crippen LogP contribution in [0.5, 0.6) is 5.75 Å². The minimum absolute atomic E-state index is 0.333. The number of rotatable bonds is 1. The first-order chi connectivity index (χ1) is 10.1. The van der Waals surface area contributed by atoms with Gasteiger partial charge in [-0.05, 0) is 18.2 Å². The van der Waals surface area contributed by atoms with Crippen LogP contribution in [0.1, 0.15) is 5.69 Å². The fourth-order valence-corrected chi connectivity index (χ4v) is 2.21. The Morgan fingerprint density at radius 1 is 1.32 bits per heavy atom. The SMILES string of the molecule is Cn1c(C(F)(F)F)ccc(-c2c(F)cc(Cl)c(O)c2N)c1=O. The van der Waals surface area contributed by atoms with Gasteiger partial charge in [0, 0.05) is 12.6 Å². The van der Waals surface area contributed by atoms with Crippen molar-refractivity contribution in [2.45, 2.75) is 6.18 Å². The molecule has 0 unspecified atom stereocenters. The molecular formula is C13H9ClF4N2O2. The van der Waals surface area contributed by atoms with Crippen molar-refractivity contribution in [2.75, 3.05) is 5.73 Å². The number of nitrogens with zero attached hydrogens (tertiary/aromatic N) is 1. The van der Waals surface area contributed by atoms with E-state index in [2.05, 4.69) is 0 Å². The molecule has 118 valence electrons. The average Bonchev–Trinajstić information content (AvgIpc) is 2.39. The summed E-state index contributed by atoms with van der Waals surface area (Å²) in [7, 11) is 0.901. The smallest absolute Gasteiger partial charge is 0.431 e. The number of phenolic OH excluding ortho intramolecular Hbond substituents is 1. The van der Waals surface area contributed by atoms with Gasteiger partial charge in [-0.3, -0.25) is 4.79 Å². The van der Waals surface area contributed by atoms with Crippen LogP contribution in [0, 0.1) is 5.82 Å². The van der Waals surface area contributed by atoms with Crippen molar-refractivity contribution in [3.8, 4) is 16.9 Å². The average molecular weight is 337 g/mol. The van der Waals surface area contributed by atoms with Gasteiger partial charge in [0.05, 0.1) is 16.3 Å². The molecule has 0 fully saturated rings. The van der Waals surface area contributed by atoms with E-state index >= 15 is 0 Å². The van der Waals surface area contributed by atoms with E-state index in [0.717, 1.165) is 19.2 Å².